The fraction of sp³-hybridized carbons (Fsp3) is 0.235. The molecule has 0 bridgehead atoms. The lowest BCUT2D eigenvalue weighted by atomic mass is 10.1. The zero-order valence-corrected chi connectivity index (χ0v) is 12.6. The molecule has 22 heavy (non-hydrogen) atoms. The first kappa shape index (κ1) is 15.9. The molecule has 0 aliphatic heterocycles. The number of nitrogens with one attached hydrogen (secondary N) is 2. The summed E-state index contributed by atoms with van der Waals surface area (Å²) in [6, 6.07) is 15.2. The third kappa shape index (κ3) is 4.49. The van der Waals surface area contributed by atoms with Crippen molar-refractivity contribution in [3.63, 3.8) is 0 Å². The Kier molecular flexibility index (Phi) is 5.80. The van der Waals surface area contributed by atoms with Gasteiger partial charge in [0.15, 0.2) is 0 Å². The normalized spacial score (nSPS) is 10.1. The van der Waals surface area contributed by atoms with Gasteiger partial charge >= 0.3 is 0 Å². The first-order valence-corrected chi connectivity index (χ1v) is 7.24. The number of carbonyl (C=O) groups excluding carboxylic acids is 1. The van der Waals surface area contributed by atoms with Crippen molar-refractivity contribution in [2.75, 3.05) is 18.5 Å². The molecule has 5 nitrogen and oxygen atoms in total. The van der Waals surface area contributed by atoms with Crippen molar-refractivity contribution >= 4 is 11.6 Å². The highest BCUT2D eigenvalue weighted by Crippen LogP contribution is 2.15. The standard InChI is InChI=1S/C17H21N3O2/c1-13-6-4-7-14(12-13)22-11-5-10-19-16-9-3-2-8-15(16)17(21)20-18/h2-4,6-9,12,19H,5,10-11,18H2,1H3,(H,20,21). The van der Waals surface area contributed by atoms with Crippen molar-refractivity contribution in [3.05, 3.63) is 59.7 Å². The summed E-state index contributed by atoms with van der Waals surface area (Å²) in [6.45, 7) is 3.36. The molecule has 0 atom stereocenters. The molecule has 0 fully saturated rings. The van der Waals surface area contributed by atoms with E-state index in [1.807, 2.05) is 43.3 Å². The van der Waals surface area contributed by atoms with E-state index in [1.165, 1.54) is 5.56 Å². The van der Waals surface area contributed by atoms with Crippen molar-refractivity contribution in [3.8, 4) is 5.75 Å². The Morgan fingerprint density at radius 1 is 1.18 bits per heavy atom. The van der Waals surface area contributed by atoms with Crippen molar-refractivity contribution in [1.82, 2.24) is 5.43 Å². The molecule has 1 amide bonds. The lowest BCUT2D eigenvalue weighted by Gasteiger charge is -2.11. The molecule has 0 saturated heterocycles. The molecule has 0 saturated carbocycles. The van der Waals surface area contributed by atoms with Crippen molar-refractivity contribution in [1.29, 1.82) is 0 Å². The number of rotatable bonds is 7. The molecular formula is C17H21N3O2. The monoisotopic (exact) mass is 299 g/mol. The van der Waals surface area contributed by atoms with Crippen LogP contribution in [0.3, 0.4) is 0 Å². The summed E-state index contributed by atoms with van der Waals surface area (Å²) in [7, 11) is 0. The number of benzene rings is 2. The number of carbonyl (C=O) groups is 1. The first-order chi connectivity index (χ1) is 10.7. The maximum Gasteiger partial charge on any atom is 0.267 e. The summed E-state index contributed by atoms with van der Waals surface area (Å²) >= 11 is 0. The van der Waals surface area contributed by atoms with Crippen LogP contribution in [0.2, 0.25) is 0 Å². The highest BCUT2D eigenvalue weighted by Gasteiger charge is 2.08. The molecule has 2 aromatic rings. The Hall–Kier alpha value is -2.53. The zero-order chi connectivity index (χ0) is 15.8. The number of anilines is 1. The first-order valence-electron chi connectivity index (χ1n) is 7.24. The molecule has 2 aromatic carbocycles. The Morgan fingerprint density at radius 2 is 2.00 bits per heavy atom. The highest BCUT2D eigenvalue weighted by molar-refractivity contribution is 5.99. The van der Waals surface area contributed by atoms with Crippen molar-refractivity contribution in [2.24, 2.45) is 5.84 Å². The van der Waals surface area contributed by atoms with E-state index in [0.29, 0.717) is 18.7 Å². The van der Waals surface area contributed by atoms with Gasteiger partial charge in [-0.2, -0.15) is 0 Å². The maximum atomic E-state index is 11.6. The van der Waals surface area contributed by atoms with E-state index < -0.39 is 0 Å². The number of hydrogen-bond donors (Lipinski definition) is 3. The van der Waals surface area contributed by atoms with Crippen LogP contribution in [0, 0.1) is 6.92 Å². The van der Waals surface area contributed by atoms with Crippen LogP contribution in [0.15, 0.2) is 48.5 Å². The van der Waals surface area contributed by atoms with Crippen LogP contribution < -0.4 is 21.3 Å². The Bertz CT molecular complexity index is 629. The van der Waals surface area contributed by atoms with Crippen LogP contribution in [0.5, 0.6) is 5.75 Å². The Balaban J connectivity index is 1.78. The molecule has 2 rings (SSSR count). The average molecular weight is 299 g/mol. The Labute approximate surface area is 130 Å². The van der Waals surface area contributed by atoms with E-state index in [0.717, 1.165) is 17.9 Å². The lowest BCUT2D eigenvalue weighted by Crippen LogP contribution is -2.30. The second-order valence-corrected chi connectivity index (χ2v) is 4.96. The molecule has 4 N–H and O–H groups in total. The number of nitrogens with two attached hydrogens (primary N) is 1. The molecule has 5 heteroatoms. The van der Waals surface area contributed by atoms with Gasteiger partial charge in [0.1, 0.15) is 5.75 Å². The van der Waals surface area contributed by atoms with Gasteiger partial charge in [-0.1, -0.05) is 24.3 Å². The van der Waals surface area contributed by atoms with E-state index in [4.69, 9.17) is 10.6 Å². The third-order valence-corrected chi connectivity index (χ3v) is 3.20. The SMILES string of the molecule is Cc1cccc(OCCCNc2ccccc2C(=O)NN)c1. The minimum Gasteiger partial charge on any atom is -0.494 e. The quantitative estimate of drug-likeness (QED) is 0.318. The fourth-order valence-electron chi connectivity index (χ4n) is 2.10. The van der Waals surface area contributed by atoms with E-state index in [9.17, 15) is 4.79 Å². The second kappa shape index (κ2) is 8.05. The van der Waals surface area contributed by atoms with Crippen LogP contribution >= 0.6 is 0 Å². The number of para-hydroxylation sites is 1. The number of hydrazine groups is 1. The maximum absolute atomic E-state index is 11.6. The lowest BCUT2D eigenvalue weighted by molar-refractivity contribution is 0.0954. The van der Waals surface area contributed by atoms with Gasteiger partial charge in [0.25, 0.3) is 5.91 Å². The van der Waals surface area contributed by atoms with E-state index in [-0.39, 0.29) is 5.91 Å². The second-order valence-electron chi connectivity index (χ2n) is 4.96. The van der Waals surface area contributed by atoms with E-state index in [1.54, 1.807) is 12.1 Å². The third-order valence-electron chi connectivity index (χ3n) is 3.20. The van der Waals surface area contributed by atoms with Crippen LogP contribution in [-0.4, -0.2) is 19.1 Å². The van der Waals surface area contributed by atoms with Crippen molar-refractivity contribution in [2.45, 2.75) is 13.3 Å². The van der Waals surface area contributed by atoms with Crippen LogP contribution in [0.1, 0.15) is 22.3 Å². The molecule has 0 heterocycles. The number of hydrogen-bond acceptors (Lipinski definition) is 4. The summed E-state index contributed by atoms with van der Waals surface area (Å²) in [5.74, 6) is 5.75. The minimum atomic E-state index is -0.306. The molecule has 0 radical (unpaired) electrons. The molecule has 0 aliphatic carbocycles. The van der Waals surface area contributed by atoms with Gasteiger partial charge in [0.2, 0.25) is 0 Å². The van der Waals surface area contributed by atoms with Gasteiger partial charge in [-0.15, -0.1) is 0 Å². The predicted molar refractivity (Wildman–Crippen MR) is 87.9 cm³/mol. The molecule has 0 unspecified atom stereocenters. The smallest absolute Gasteiger partial charge is 0.267 e. The summed E-state index contributed by atoms with van der Waals surface area (Å²) < 4.78 is 5.68. The predicted octanol–water partition coefficient (Wildman–Crippen LogP) is 2.48. The number of aryl methyl sites for hydroxylation is 1. The van der Waals surface area contributed by atoms with E-state index >= 15 is 0 Å². The zero-order valence-electron chi connectivity index (χ0n) is 12.6. The minimum absolute atomic E-state index is 0.306. The van der Waals surface area contributed by atoms with Gasteiger partial charge in [-0.3, -0.25) is 10.2 Å². The van der Waals surface area contributed by atoms with Gasteiger partial charge in [-0.25, -0.2) is 5.84 Å². The Morgan fingerprint density at radius 3 is 2.77 bits per heavy atom. The van der Waals surface area contributed by atoms with Gasteiger partial charge in [0, 0.05) is 12.2 Å². The van der Waals surface area contributed by atoms with Crippen LogP contribution in [0.4, 0.5) is 5.69 Å². The topological polar surface area (TPSA) is 76.4 Å². The molecule has 0 aromatic heterocycles. The average Bonchev–Trinajstić information content (AvgIpc) is 2.54. The summed E-state index contributed by atoms with van der Waals surface area (Å²) in [5.41, 5.74) is 4.62. The van der Waals surface area contributed by atoms with E-state index in [2.05, 4.69) is 10.7 Å². The molecule has 0 spiro atoms. The summed E-state index contributed by atoms with van der Waals surface area (Å²) in [4.78, 5) is 11.6. The summed E-state index contributed by atoms with van der Waals surface area (Å²) in [5, 5.41) is 3.23. The number of nitrogen functional groups attached to an aromatic ring is 1. The summed E-state index contributed by atoms with van der Waals surface area (Å²) in [6.07, 6.45) is 0.826. The van der Waals surface area contributed by atoms with Crippen LogP contribution in [0.25, 0.3) is 0 Å². The largest absolute Gasteiger partial charge is 0.494 e. The number of amides is 1. The molecule has 0 aliphatic rings. The fourth-order valence-corrected chi connectivity index (χ4v) is 2.10. The highest BCUT2D eigenvalue weighted by atomic mass is 16.5. The van der Waals surface area contributed by atoms with Crippen molar-refractivity contribution < 1.29 is 9.53 Å². The van der Waals surface area contributed by atoms with Gasteiger partial charge in [0.05, 0.1) is 12.2 Å². The number of ether oxygens (including phenoxy) is 1. The van der Waals surface area contributed by atoms with Gasteiger partial charge in [-0.05, 0) is 43.2 Å². The van der Waals surface area contributed by atoms with Gasteiger partial charge < -0.3 is 10.1 Å². The molecular weight excluding hydrogens is 278 g/mol. The van der Waals surface area contributed by atoms with Crippen LogP contribution in [-0.2, 0) is 0 Å². The molecule has 116 valence electrons.